The van der Waals surface area contributed by atoms with E-state index in [-0.39, 0.29) is 5.91 Å². The Bertz CT molecular complexity index is 352. The van der Waals surface area contributed by atoms with Crippen LogP contribution < -0.4 is 5.32 Å². The van der Waals surface area contributed by atoms with Crippen LogP contribution in [-0.2, 0) is 4.79 Å². The van der Waals surface area contributed by atoms with Crippen LogP contribution in [0.5, 0.6) is 0 Å². The summed E-state index contributed by atoms with van der Waals surface area (Å²) in [6.07, 6.45) is 0.843. The molecule has 0 saturated heterocycles. The van der Waals surface area contributed by atoms with Gasteiger partial charge in [0.15, 0.2) is 0 Å². The van der Waals surface area contributed by atoms with E-state index < -0.39 is 6.10 Å². The van der Waals surface area contributed by atoms with E-state index in [9.17, 15) is 9.90 Å². The molecule has 1 atom stereocenters. The summed E-state index contributed by atoms with van der Waals surface area (Å²) in [5, 5.41) is 13.0. The second-order valence-electron chi connectivity index (χ2n) is 4.52. The molecule has 0 aliphatic heterocycles. The van der Waals surface area contributed by atoms with E-state index in [0.717, 1.165) is 18.5 Å². The van der Waals surface area contributed by atoms with Crippen molar-refractivity contribution >= 4 is 5.91 Å². The number of hydrogen-bond donors (Lipinski definition) is 2. The van der Waals surface area contributed by atoms with Crippen LogP contribution in [-0.4, -0.2) is 43.1 Å². The van der Waals surface area contributed by atoms with Gasteiger partial charge in [0, 0.05) is 27.1 Å². The molecular formula is C14H22N2O2. The number of carbonyl (C=O) groups is 1. The monoisotopic (exact) mass is 250 g/mol. The Morgan fingerprint density at radius 1 is 1.33 bits per heavy atom. The Kier molecular flexibility index (Phi) is 6.39. The summed E-state index contributed by atoms with van der Waals surface area (Å²) in [6, 6.07) is 9.56. The number of carbonyl (C=O) groups excluding carboxylic acids is 1. The fourth-order valence-corrected chi connectivity index (χ4v) is 1.62. The van der Waals surface area contributed by atoms with Gasteiger partial charge >= 0.3 is 0 Å². The van der Waals surface area contributed by atoms with Gasteiger partial charge < -0.3 is 15.3 Å². The van der Waals surface area contributed by atoms with Crippen molar-refractivity contribution < 1.29 is 9.90 Å². The lowest BCUT2D eigenvalue weighted by atomic mass is 10.1. The molecule has 0 bridgehead atoms. The summed E-state index contributed by atoms with van der Waals surface area (Å²) in [7, 11) is 3.52. The molecule has 0 heterocycles. The molecule has 0 aliphatic carbocycles. The molecule has 1 rings (SSSR count). The van der Waals surface area contributed by atoms with Crippen LogP contribution in [0.15, 0.2) is 30.3 Å². The van der Waals surface area contributed by atoms with Crippen LogP contribution in [0.4, 0.5) is 0 Å². The Morgan fingerprint density at radius 3 is 2.61 bits per heavy atom. The SMILES string of the molecule is CN(C)C(=O)CCCNCC(O)c1ccccc1. The van der Waals surface area contributed by atoms with Crippen molar-refractivity contribution in [1.29, 1.82) is 0 Å². The molecule has 0 fully saturated rings. The standard InChI is InChI=1S/C14H22N2O2/c1-16(2)14(18)9-6-10-15-11-13(17)12-7-4-3-5-8-12/h3-5,7-8,13,15,17H,6,9-11H2,1-2H3. The molecule has 0 aromatic heterocycles. The minimum absolute atomic E-state index is 0.139. The number of rotatable bonds is 7. The highest BCUT2D eigenvalue weighted by Crippen LogP contribution is 2.10. The van der Waals surface area contributed by atoms with Gasteiger partial charge in [0.05, 0.1) is 6.10 Å². The predicted octanol–water partition coefficient (Wildman–Crippen LogP) is 1.18. The minimum Gasteiger partial charge on any atom is -0.387 e. The normalized spacial score (nSPS) is 12.2. The van der Waals surface area contributed by atoms with Crippen molar-refractivity contribution in [3.8, 4) is 0 Å². The van der Waals surface area contributed by atoms with Crippen LogP contribution >= 0.6 is 0 Å². The maximum absolute atomic E-state index is 11.3. The Balaban J connectivity index is 2.13. The third-order valence-electron chi connectivity index (χ3n) is 2.77. The van der Waals surface area contributed by atoms with E-state index in [1.807, 2.05) is 30.3 Å². The molecule has 4 heteroatoms. The highest BCUT2D eigenvalue weighted by molar-refractivity contribution is 5.75. The van der Waals surface area contributed by atoms with Gasteiger partial charge in [-0.3, -0.25) is 4.79 Å². The third kappa shape index (κ3) is 5.29. The summed E-state index contributed by atoms with van der Waals surface area (Å²) in [4.78, 5) is 12.9. The molecule has 0 saturated carbocycles. The maximum atomic E-state index is 11.3. The second-order valence-corrected chi connectivity index (χ2v) is 4.52. The summed E-state index contributed by atoms with van der Waals surface area (Å²) in [5.74, 6) is 0.139. The number of benzene rings is 1. The van der Waals surface area contributed by atoms with E-state index in [1.54, 1.807) is 19.0 Å². The van der Waals surface area contributed by atoms with E-state index in [1.165, 1.54) is 0 Å². The van der Waals surface area contributed by atoms with E-state index in [4.69, 9.17) is 0 Å². The first-order chi connectivity index (χ1) is 8.61. The lowest BCUT2D eigenvalue weighted by Gasteiger charge is -2.13. The number of aliphatic hydroxyl groups is 1. The molecule has 1 unspecified atom stereocenters. The number of aliphatic hydroxyl groups excluding tert-OH is 1. The van der Waals surface area contributed by atoms with Crippen molar-refractivity contribution in [2.24, 2.45) is 0 Å². The molecule has 18 heavy (non-hydrogen) atoms. The molecule has 2 N–H and O–H groups in total. The second kappa shape index (κ2) is 7.84. The molecule has 0 radical (unpaired) electrons. The Labute approximate surface area is 109 Å². The highest BCUT2D eigenvalue weighted by atomic mass is 16.3. The van der Waals surface area contributed by atoms with Gasteiger partial charge in [-0.15, -0.1) is 0 Å². The molecule has 100 valence electrons. The maximum Gasteiger partial charge on any atom is 0.222 e. The summed E-state index contributed by atoms with van der Waals surface area (Å²) in [6.45, 7) is 1.25. The first kappa shape index (κ1) is 14.7. The van der Waals surface area contributed by atoms with Crippen molar-refractivity contribution in [3.63, 3.8) is 0 Å². The van der Waals surface area contributed by atoms with Crippen LogP contribution in [0.3, 0.4) is 0 Å². The number of nitrogens with one attached hydrogen (secondary N) is 1. The minimum atomic E-state index is -0.490. The first-order valence-electron chi connectivity index (χ1n) is 6.25. The van der Waals surface area contributed by atoms with Gasteiger partial charge in [0.1, 0.15) is 0 Å². The average molecular weight is 250 g/mol. The van der Waals surface area contributed by atoms with Crippen molar-refractivity contribution in [3.05, 3.63) is 35.9 Å². The number of amides is 1. The van der Waals surface area contributed by atoms with Crippen LogP contribution in [0.1, 0.15) is 24.5 Å². The number of hydrogen-bond acceptors (Lipinski definition) is 3. The number of nitrogens with zero attached hydrogens (tertiary/aromatic N) is 1. The highest BCUT2D eigenvalue weighted by Gasteiger charge is 2.06. The quantitative estimate of drug-likeness (QED) is 0.714. The molecular weight excluding hydrogens is 228 g/mol. The van der Waals surface area contributed by atoms with E-state index >= 15 is 0 Å². The first-order valence-corrected chi connectivity index (χ1v) is 6.25. The lowest BCUT2D eigenvalue weighted by Crippen LogP contribution is -2.25. The smallest absolute Gasteiger partial charge is 0.222 e. The molecule has 1 amide bonds. The summed E-state index contributed by atoms with van der Waals surface area (Å²) < 4.78 is 0. The predicted molar refractivity (Wildman–Crippen MR) is 72.2 cm³/mol. The van der Waals surface area contributed by atoms with E-state index in [0.29, 0.717) is 13.0 Å². The third-order valence-corrected chi connectivity index (χ3v) is 2.77. The molecule has 4 nitrogen and oxygen atoms in total. The zero-order chi connectivity index (χ0) is 13.4. The summed E-state index contributed by atoms with van der Waals surface area (Å²) >= 11 is 0. The topological polar surface area (TPSA) is 52.6 Å². The Morgan fingerprint density at radius 2 is 2.00 bits per heavy atom. The molecule has 0 aliphatic rings. The zero-order valence-corrected chi connectivity index (χ0v) is 11.1. The van der Waals surface area contributed by atoms with Gasteiger partial charge in [-0.1, -0.05) is 30.3 Å². The fraction of sp³-hybridized carbons (Fsp3) is 0.500. The zero-order valence-electron chi connectivity index (χ0n) is 11.1. The molecule has 1 aromatic carbocycles. The molecule has 1 aromatic rings. The average Bonchev–Trinajstić information content (AvgIpc) is 2.38. The summed E-state index contributed by atoms with van der Waals surface area (Å²) in [5.41, 5.74) is 0.911. The van der Waals surface area contributed by atoms with Crippen LogP contribution in [0.25, 0.3) is 0 Å². The van der Waals surface area contributed by atoms with Gasteiger partial charge in [0.2, 0.25) is 5.91 Å². The van der Waals surface area contributed by atoms with Gasteiger partial charge in [0.25, 0.3) is 0 Å². The van der Waals surface area contributed by atoms with Crippen molar-refractivity contribution in [1.82, 2.24) is 10.2 Å². The van der Waals surface area contributed by atoms with Crippen LogP contribution in [0.2, 0.25) is 0 Å². The van der Waals surface area contributed by atoms with Gasteiger partial charge in [-0.25, -0.2) is 0 Å². The van der Waals surface area contributed by atoms with Gasteiger partial charge in [-0.2, -0.15) is 0 Å². The largest absolute Gasteiger partial charge is 0.387 e. The van der Waals surface area contributed by atoms with E-state index in [2.05, 4.69) is 5.32 Å². The van der Waals surface area contributed by atoms with Crippen LogP contribution in [0, 0.1) is 0 Å². The molecule has 0 spiro atoms. The van der Waals surface area contributed by atoms with Crippen molar-refractivity contribution in [2.75, 3.05) is 27.2 Å². The Hall–Kier alpha value is -1.39. The van der Waals surface area contributed by atoms with Gasteiger partial charge in [-0.05, 0) is 18.5 Å². The van der Waals surface area contributed by atoms with Crippen molar-refractivity contribution in [2.45, 2.75) is 18.9 Å². The fourth-order valence-electron chi connectivity index (χ4n) is 1.62. The lowest BCUT2D eigenvalue weighted by molar-refractivity contribution is -0.128.